The van der Waals surface area contributed by atoms with Gasteiger partial charge in [-0.3, -0.25) is 0 Å². The zero-order valence-corrected chi connectivity index (χ0v) is 13.6. The number of nitrogens with zero attached hydrogens (tertiary/aromatic N) is 2. The molecule has 0 saturated carbocycles. The first-order valence-electron chi connectivity index (χ1n) is 7.43. The minimum Gasteiger partial charge on any atom is -0.223 e. The molecule has 0 spiro atoms. The summed E-state index contributed by atoms with van der Waals surface area (Å²) < 4.78 is 25.7. The van der Waals surface area contributed by atoms with Crippen molar-refractivity contribution in [3.8, 4) is 12.1 Å². The Bertz CT molecular complexity index is 952. The zero-order chi connectivity index (χ0) is 17.2. The maximum atomic E-state index is 12.9. The number of rotatable bonds is 3. The standard InChI is InChI=1S/C19H14N2O2S/c20-13-19(14-21)12-17(11-18(19)15-7-3-1-4-8-15)24(22,23)16-9-5-2-6-10-16/h1-11,17H,12H2. The second kappa shape index (κ2) is 5.96. The van der Waals surface area contributed by atoms with Crippen molar-refractivity contribution in [2.24, 2.45) is 5.41 Å². The summed E-state index contributed by atoms with van der Waals surface area (Å²) in [5.41, 5.74) is -0.280. The third-order valence-electron chi connectivity index (χ3n) is 4.26. The van der Waals surface area contributed by atoms with Crippen LogP contribution in [0.15, 0.2) is 71.6 Å². The Morgan fingerprint density at radius 2 is 1.46 bits per heavy atom. The van der Waals surface area contributed by atoms with Crippen LogP contribution in [-0.4, -0.2) is 13.7 Å². The lowest BCUT2D eigenvalue weighted by molar-refractivity contribution is 0.572. The van der Waals surface area contributed by atoms with Gasteiger partial charge < -0.3 is 0 Å². The minimum absolute atomic E-state index is 0.0541. The van der Waals surface area contributed by atoms with E-state index in [2.05, 4.69) is 0 Å². The normalized spacial score (nSPS) is 19.1. The lowest BCUT2D eigenvalue weighted by Gasteiger charge is -2.17. The highest BCUT2D eigenvalue weighted by atomic mass is 32.2. The summed E-state index contributed by atoms with van der Waals surface area (Å²) in [5.74, 6) is 0. The summed E-state index contributed by atoms with van der Waals surface area (Å²) in [4.78, 5) is 0.199. The van der Waals surface area contributed by atoms with Crippen molar-refractivity contribution in [2.45, 2.75) is 16.6 Å². The van der Waals surface area contributed by atoms with E-state index < -0.39 is 20.5 Å². The van der Waals surface area contributed by atoms with Crippen LogP contribution in [-0.2, 0) is 9.84 Å². The predicted octanol–water partition coefficient (Wildman–Crippen LogP) is 3.35. The van der Waals surface area contributed by atoms with Crippen LogP contribution in [0.5, 0.6) is 0 Å². The van der Waals surface area contributed by atoms with Crippen LogP contribution in [0.3, 0.4) is 0 Å². The van der Waals surface area contributed by atoms with Gasteiger partial charge in [0.05, 0.1) is 22.3 Å². The molecule has 2 aromatic carbocycles. The molecule has 5 heteroatoms. The van der Waals surface area contributed by atoms with Gasteiger partial charge in [-0.05, 0) is 23.3 Å². The largest absolute Gasteiger partial charge is 0.223 e. The summed E-state index contributed by atoms with van der Waals surface area (Å²) >= 11 is 0. The van der Waals surface area contributed by atoms with Crippen LogP contribution in [0.25, 0.3) is 5.57 Å². The van der Waals surface area contributed by atoms with E-state index in [1.54, 1.807) is 48.5 Å². The average molecular weight is 334 g/mol. The van der Waals surface area contributed by atoms with Crippen molar-refractivity contribution in [3.05, 3.63) is 72.3 Å². The third kappa shape index (κ3) is 2.50. The first-order chi connectivity index (χ1) is 11.5. The van der Waals surface area contributed by atoms with Crippen molar-refractivity contribution in [3.63, 3.8) is 0 Å². The SMILES string of the molecule is N#CC1(C#N)CC(S(=O)(=O)c2ccccc2)C=C1c1ccccc1. The highest BCUT2D eigenvalue weighted by molar-refractivity contribution is 7.92. The molecule has 1 unspecified atom stereocenters. The van der Waals surface area contributed by atoms with E-state index in [9.17, 15) is 18.9 Å². The molecule has 118 valence electrons. The van der Waals surface area contributed by atoms with E-state index in [0.717, 1.165) is 0 Å². The van der Waals surface area contributed by atoms with Crippen LogP contribution in [0, 0.1) is 28.1 Å². The predicted molar refractivity (Wildman–Crippen MR) is 90.1 cm³/mol. The molecule has 0 N–H and O–H groups in total. The molecule has 0 radical (unpaired) electrons. The molecule has 0 bridgehead atoms. The second-order valence-electron chi connectivity index (χ2n) is 5.68. The van der Waals surface area contributed by atoms with E-state index in [-0.39, 0.29) is 11.3 Å². The fourth-order valence-electron chi connectivity index (χ4n) is 2.98. The van der Waals surface area contributed by atoms with Gasteiger partial charge in [0.25, 0.3) is 0 Å². The van der Waals surface area contributed by atoms with Gasteiger partial charge in [-0.15, -0.1) is 0 Å². The summed E-state index contributed by atoms with van der Waals surface area (Å²) in [6, 6.07) is 21.2. The van der Waals surface area contributed by atoms with Gasteiger partial charge in [-0.2, -0.15) is 10.5 Å². The van der Waals surface area contributed by atoms with Crippen LogP contribution in [0.4, 0.5) is 0 Å². The van der Waals surface area contributed by atoms with Crippen LogP contribution < -0.4 is 0 Å². The van der Waals surface area contributed by atoms with Crippen molar-refractivity contribution < 1.29 is 8.42 Å². The first-order valence-corrected chi connectivity index (χ1v) is 8.97. The summed E-state index contributed by atoms with van der Waals surface area (Å²) in [7, 11) is -3.65. The van der Waals surface area contributed by atoms with Gasteiger partial charge >= 0.3 is 0 Å². The van der Waals surface area contributed by atoms with Gasteiger partial charge in [-0.1, -0.05) is 54.6 Å². The summed E-state index contributed by atoms with van der Waals surface area (Å²) in [5, 5.41) is 18.3. The van der Waals surface area contributed by atoms with Crippen molar-refractivity contribution >= 4 is 15.4 Å². The molecular weight excluding hydrogens is 320 g/mol. The number of nitriles is 2. The van der Waals surface area contributed by atoms with Crippen molar-refractivity contribution in [1.29, 1.82) is 10.5 Å². The van der Waals surface area contributed by atoms with Crippen molar-refractivity contribution in [1.82, 2.24) is 0 Å². The first kappa shape index (κ1) is 16.0. The van der Waals surface area contributed by atoms with E-state index in [4.69, 9.17) is 0 Å². The topological polar surface area (TPSA) is 81.7 Å². The molecular formula is C19H14N2O2S. The molecule has 0 heterocycles. The van der Waals surface area contributed by atoms with Gasteiger partial charge in [0, 0.05) is 6.42 Å². The van der Waals surface area contributed by atoms with Gasteiger partial charge in [-0.25, -0.2) is 8.42 Å². The fraction of sp³-hybridized carbons (Fsp3) is 0.158. The molecule has 0 fully saturated rings. The van der Waals surface area contributed by atoms with Gasteiger partial charge in [0.2, 0.25) is 0 Å². The van der Waals surface area contributed by atoms with Gasteiger partial charge in [0.15, 0.2) is 15.3 Å². The Morgan fingerprint density at radius 1 is 0.917 bits per heavy atom. The Labute approximate surface area is 141 Å². The second-order valence-corrected chi connectivity index (χ2v) is 7.84. The Hall–Kier alpha value is -2.89. The highest BCUT2D eigenvalue weighted by Gasteiger charge is 2.47. The average Bonchev–Trinajstić information content (AvgIpc) is 3.04. The Balaban J connectivity index is 2.12. The van der Waals surface area contributed by atoms with Gasteiger partial charge in [0.1, 0.15) is 0 Å². The number of hydrogen-bond donors (Lipinski definition) is 0. The lowest BCUT2D eigenvalue weighted by Crippen LogP contribution is -2.23. The molecule has 0 saturated heterocycles. The third-order valence-corrected chi connectivity index (χ3v) is 6.29. The molecule has 1 atom stereocenters. The zero-order valence-electron chi connectivity index (χ0n) is 12.8. The van der Waals surface area contributed by atoms with E-state index in [1.165, 1.54) is 12.1 Å². The van der Waals surface area contributed by atoms with Crippen LogP contribution in [0.2, 0.25) is 0 Å². The molecule has 0 amide bonds. The molecule has 3 rings (SSSR count). The number of allylic oxidation sites excluding steroid dienone is 1. The quantitative estimate of drug-likeness (QED) is 0.862. The summed E-state index contributed by atoms with van der Waals surface area (Å²) in [6.07, 6.45) is 1.51. The van der Waals surface area contributed by atoms with Crippen molar-refractivity contribution in [2.75, 3.05) is 0 Å². The van der Waals surface area contributed by atoms with E-state index >= 15 is 0 Å². The number of hydrogen-bond acceptors (Lipinski definition) is 4. The Kier molecular flexibility index (Phi) is 3.97. The number of sulfone groups is 1. The molecule has 0 aliphatic heterocycles. The van der Waals surface area contributed by atoms with E-state index in [0.29, 0.717) is 11.1 Å². The minimum atomic E-state index is -3.65. The van der Waals surface area contributed by atoms with E-state index in [1.807, 2.05) is 18.2 Å². The molecule has 1 aliphatic rings. The maximum Gasteiger partial charge on any atom is 0.184 e. The smallest absolute Gasteiger partial charge is 0.184 e. The molecule has 1 aliphatic carbocycles. The molecule has 0 aromatic heterocycles. The molecule has 4 nitrogen and oxygen atoms in total. The molecule has 24 heavy (non-hydrogen) atoms. The Morgan fingerprint density at radius 3 is 2.00 bits per heavy atom. The van der Waals surface area contributed by atoms with Crippen LogP contribution in [0.1, 0.15) is 12.0 Å². The monoisotopic (exact) mass is 334 g/mol. The fourth-order valence-corrected chi connectivity index (χ4v) is 4.65. The highest BCUT2D eigenvalue weighted by Crippen LogP contribution is 2.46. The maximum absolute atomic E-state index is 12.9. The summed E-state index contributed by atoms with van der Waals surface area (Å²) in [6.45, 7) is 0. The lowest BCUT2D eigenvalue weighted by atomic mass is 9.81. The number of benzene rings is 2. The molecule has 2 aromatic rings. The van der Waals surface area contributed by atoms with Crippen LogP contribution >= 0.6 is 0 Å².